The van der Waals surface area contributed by atoms with E-state index in [4.69, 9.17) is 9.15 Å². The predicted octanol–water partition coefficient (Wildman–Crippen LogP) is 2.15. The van der Waals surface area contributed by atoms with Crippen LogP contribution in [0.4, 0.5) is 0 Å². The largest absolute Gasteiger partial charge is 0.496 e. The molecular weight excluding hydrogens is 178 g/mol. The summed E-state index contributed by atoms with van der Waals surface area (Å²) in [6, 6.07) is 4.01. The van der Waals surface area contributed by atoms with E-state index in [1.54, 1.807) is 0 Å². The second-order valence-corrected chi connectivity index (χ2v) is 3.41. The van der Waals surface area contributed by atoms with Gasteiger partial charge in [-0.05, 0) is 32.2 Å². The molecule has 0 amide bonds. The zero-order valence-corrected chi connectivity index (χ0v) is 8.54. The van der Waals surface area contributed by atoms with Crippen molar-refractivity contribution in [3.05, 3.63) is 35.5 Å². The number of likely N-dealkylation sites (N-methyl/N-ethyl adjacent to an activating group) is 1. The van der Waals surface area contributed by atoms with E-state index in [0.29, 0.717) is 0 Å². The highest BCUT2D eigenvalue weighted by atomic mass is 16.5. The van der Waals surface area contributed by atoms with Crippen LogP contribution in [-0.2, 0) is 4.74 Å². The molecule has 0 aromatic carbocycles. The molecule has 14 heavy (non-hydrogen) atoms. The molecule has 76 valence electrons. The highest BCUT2D eigenvalue weighted by Gasteiger charge is 2.21. The van der Waals surface area contributed by atoms with Crippen LogP contribution in [0.15, 0.2) is 28.4 Å². The van der Waals surface area contributed by atoms with Crippen molar-refractivity contribution in [3.63, 3.8) is 0 Å². The van der Waals surface area contributed by atoms with Crippen molar-refractivity contribution < 1.29 is 9.15 Å². The Morgan fingerprint density at radius 1 is 1.43 bits per heavy atom. The Morgan fingerprint density at radius 2 is 2.29 bits per heavy atom. The monoisotopic (exact) mass is 193 g/mol. The lowest BCUT2D eigenvalue weighted by Gasteiger charge is -2.14. The van der Waals surface area contributed by atoms with Crippen molar-refractivity contribution in [1.82, 2.24) is 5.32 Å². The molecule has 1 N–H and O–H groups in total. The molecule has 1 atom stereocenters. The van der Waals surface area contributed by atoms with E-state index in [1.165, 1.54) is 0 Å². The van der Waals surface area contributed by atoms with E-state index in [0.717, 1.165) is 30.3 Å². The first-order chi connectivity index (χ1) is 6.81. The van der Waals surface area contributed by atoms with Gasteiger partial charge in [0.1, 0.15) is 23.3 Å². The van der Waals surface area contributed by atoms with Crippen LogP contribution < -0.4 is 5.32 Å². The molecule has 1 aromatic heterocycles. The lowest BCUT2D eigenvalue weighted by molar-refractivity contribution is 0.210. The van der Waals surface area contributed by atoms with Crippen molar-refractivity contribution in [3.8, 4) is 0 Å². The number of rotatable bonds is 3. The van der Waals surface area contributed by atoms with Crippen LogP contribution in [0.5, 0.6) is 0 Å². The predicted molar refractivity (Wildman–Crippen MR) is 53.9 cm³/mol. The van der Waals surface area contributed by atoms with Crippen LogP contribution >= 0.6 is 0 Å². The Morgan fingerprint density at radius 3 is 2.79 bits per heavy atom. The maximum Gasteiger partial charge on any atom is 0.128 e. The summed E-state index contributed by atoms with van der Waals surface area (Å²) < 4.78 is 11.1. The van der Waals surface area contributed by atoms with Gasteiger partial charge < -0.3 is 14.5 Å². The molecule has 3 heteroatoms. The van der Waals surface area contributed by atoms with Gasteiger partial charge in [-0.2, -0.15) is 0 Å². The van der Waals surface area contributed by atoms with Gasteiger partial charge in [-0.15, -0.1) is 0 Å². The van der Waals surface area contributed by atoms with Crippen molar-refractivity contribution in [2.75, 3.05) is 13.7 Å². The average Bonchev–Trinajstić information content (AvgIpc) is 2.79. The fourth-order valence-corrected chi connectivity index (χ4v) is 1.67. The van der Waals surface area contributed by atoms with Gasteiger partial charge in [-0.1, -0.05) is 0 Å². The Labute approximate surface area is 83.7 Å². The Kier molecular flexibility index (Phi) is 2.59. The van der Waals surface area contributed by atoms with E-state index in [2.05, 4.69) is 11.4 Å². The Balaban J connectivity index is 2.20. The summed E-state index contributed by atoms with van der Waals surface area (Å²) in [6.45, 7) is 2.73. The molecule has 3 nitrogen and oxygen atoms in total. The van der Waals surface area contributed by atoms with Crippen LogP contribution in [0.2, 0.25) is 0 Å². The minimum atomic E-state index is 0.0613. The van der Waals surface area contributed by atoms with Gasteiger partial charge in [0.15, 0.2) is 0 Å². The standard InChI is InChI=1S/C11H15NO2/c1-8-5-6-10(14-8)11(12-2)9-4-3-7-13-9/h4-6,11-12H,3,7H2,1-2H3. The first kappa shape index (κ1) is 9.34. The van der Waals surface area contributed by atoms with Crippen LogP contribution in [0, 0.1) is 6.92 Å². The Hall–Kier alpha value is -1.22. The summed E-state index contributed by atoms with van der Waals surface area (Å²) in [7, 11) is 1.91. The van der Waals surface area contributed by atoms with E-state index in [1.807, 2.05) is 26.1 Å². The first-order valence-corrected chi connectivity index (χ1v) is 4.87. The third-order valence-corrected chi connectivity index (χ3v) is 2.35. The molecule has 1 aliphatic heterocycles. The fraction of sp³-hybridized carbons (Fsp3) is 0.455. The van der Waals surface area contributed by atoms with Gasteiger partial charge in [0.25, 0.3) is 0 Å². The van der Waals surface area contributed by atoms with E-state index in [-0.39, 0.29) is 6.04 Å². The fourth-order valence-electron chi connectivity index (χ4n) is 1.67. The van der Waals surface area contributed by atoms with Crippen LogP contribution in [0.1, 0.15) is 24.0 Å². The molecule has 0 saturated heterocycles. The second-order valence-electron chi connectivity index (χ2n) is 3.41. The maximum absolute atomic E-state index is 5.57. The van der Waals surface area contributed by atoms with Crippen molar-refractivity contribution >= 4 is 0 Å². The second kappa shape index (κ2) is 3.88. The summed E-state index contributed by atoms with van der Waals surface area (Å²) in [4.78, 5) is 0. The molecule has 0 spiro atoms. The SMILES string of the molecule is CNC(C1=CCCO1)c1ccc(C)o1. The molecule has 1 unspecified atom stereocenters. The topological polar surface area (TPSA) is 34.4 Å². The third-order valence-electron chi connectivity index (χ3n) is 2.35. The number of ether oxygens (including phenoxy) is 1. The number of furan rings is 1. The molecule has 0 bridgehead atoms. The summed E-state index contributed by atoms with van der Waals surface area (Å²) in [5, 5.41) is 3.19. The lowest BCUT2D eigenvalue weighted by Crippen LogP contribution is -2.18. The molecule has 0 radical (unpaired) electrons. The molecule has 0 saturated carbocycles. The third kappa shape index (κ3) is 1.68. The summed E-state index contributed by atoms with van der Waals surface area (Å²) in [5.41, 5.74) is 0. The summed E-state index contributed by atoms with van der Waals surface area (Å²) in [6.07, 6.45) is 3.10. The average molecular weight is 193 g/mol. The van der Waals surface area contributed by atoms with E-state index >= 15 is 0 Å². The van der Waals surface area contributed by atoms with Crippen molar-refractivity contribution in [2.24, 2.45) is 0 Å². The van der Waals surface area contributed by atoms with Gasteiger partial charge >= 0.3 is 0 Å². The first-order valence-electron chi connectivity index (χ1n) is 4.87. The van der Waals surface area contributed by atoms with Gasteiger partial charge in [-0.25, -0.2) is 0 Å². The minimum absolute atomic E-state index is 0.0613. The van der Waals surface area contributed by atoms with Crippen LogP contribution in [0.3, 0.4) is 0 Å². The van der Waals surface area contributed by atoms with Gasteiger partial charge in [-0.3, -0.25) is 0 Å². The summed E-state index contributed by atoms with van der Waals surface area (Å²) >= 11 is 0. The molecule has 2 rings (SSSR count). The highest BCUT2D eigenvalue weighted by Crippen LogP contribution is 2.27. The molecule has 0 fully saturated rings. The number of hydrogen-bond acceptors (Lipinski definition) is 3. The summed E-state index contributed by atoms with van der Waals surface area (Å²) in [5.74, 6) is 2.82. The van der Waals surface area contributed by atoms with Crippen molar-refractivity contribution in [1.29, 1.82) is 0 Å². The zero-order valence-electron chi connectivity index (χ0n) is 8.54. The molecule has 1 aromatic rings. The zero-order chi connectivity index (χ0) is 9.97. The normalized spacial score (nSPS) is 17.7. The maximum atomic E-state index is 5.57. The van der Waals surface area contributed by atoms with Crippen LogP contribution in [-0.4, -0.2) is 13.7 Å². The molecule has 2 heterocycles. The molecule has 0 aliphatic carbocycles. The van der Waals surface area contributed by atoms with Gasteiger partial charge in [0.05, 0.1) is 6.61 Å². The smallest absolute Gasteiger partial charge is 0.128 e. The van der Waals surface area contributed by atoms with E-state index < -0.39 is 0 Å². The van der Waals surface area contributed by atoms with Gasteiger partial charge in [0.2, 0.25) is 0 Å². The number of hydrogen-bond donors (Lipinski definition) is 1. The van der Waals surface area contributed by atoms with Crippen molar-refractivity contribution in [2.45, 2.75) is 19.4 Å². The Bertz CT molecular complexity index is 341. The van der Waals surface area contributed by atoms with E-state index in [9.17, 15) is 0 Å². The number of aryl methyl sites for hydroxylation is 1. The molecule has 1 aliphatic rings. The minimum Gasteiger partial charge on any atom is -0.496 e. The number of nitrogens with one attached hydrogen (secondary N) is 1. The highest BCUT2D eigenvalue weighted by molar-refractivity contribution is 5.19. The molecular formula is C11H15NO2. The quantitative estimate of drug-likeness (QED) is 0.798. The van der Waals surface area contributed by atoms with Crippen LogP contribution in [0.25, 0.3) is 0 Å². The van der Waals surface area contributed by atoms with Gasteiger partial charge in [0, 0.05) is 6.42 Å². The lowest BCUT2D eigenvalue weighted by atomic mass is 10.2.